The van der Waals surface area contributed by atoms with E-state index in [9.17, 15) is 38.5 Å². The molecule has 0 aromatic carbocycles. The Bertz CT molecular complexity index is 604. The Balaban J connectivity index is 0.00000261. The maximum Gasteiger partial charge on any atom is 1.00 e. The van der Waals surface area contributed by atoms with Gasteiger partial charge in [-0.3, -0.25) is 4.18 Å². The molecule has 2 bridgehead atoms. The third-order valence-electron chi connectivity index (χ3n) is 4.43. The first-order chi connectivity index (χ1) is 12.1. The molecule has 0 radical (unpaired) electrons. The van der Waals surface area contributed by atoms with Crippen LogP contribution in [0.2, 0.25) is 0 Å². The molecule has 15 heteroatoms. The molecule has 3 rings (SSSR count). The molecule has 13 nitrogen and oxygen atoms in total. The number of hydrogen-bond acceptors (Lipinski definition) is 13. The van der Waals surface area contributed by atoms with E-state index in [1.807, 2.05) is 0 Å². The van der Waals surface area contributed by atoms with Gasteiger partial charge in [-0.15, -0.1) is 0 Å². The summed E-state index contributed by atoms with van der Waals surface area (Å²) in [5, 5.41) is 49.0. The summed E-state index contributed by atoms with van der Waals surface area (Å²) in [4.78, 5) is 0. The van der Waals surface area contributed by atoms with Gasteiger partial charge in [0.15, 0.2) is 12.6 Å². The van der Waals surface area contributed by atoms with Crippen molar-refractivity contribution < 1.29 is 91.2 Å². The Morgan fingerprint density at radius 1 is 1.04 bits per heavy atom. The van der Waals surface area contributed by atoms with Crippen LogP contribution in [0.15, 0.2) is 0 Å². The van der Waals surface area contributed by atoms with Crippen molar-refractivity contribution in [1.29, 1.82) is 0 Å². The molecule has 10 atom stereocenters. The Kier molecular flexibility index (Phi) is 8.03. The fourth-order valence-electron chi connectivity index (χ4n) is 3.17. The number of ether oxygens (including phenoxy) is 4. The molecule has 3 aliphatic rings. The second-order valence-electron chi connectivity index (χ2n) is 6.13. The van der Waals surface area contributed by atoms with Crippen molar-refractivity contribution in [3.63, 3.8) is 0 Å². The van der Waals surface area contributed by atoms with Crippen LogP contribution < -0.4 is 29.6 Å². The summed E-state index contributed by atoms with van der Waals surface area (Å²) in [6, 6.07) is 0. The van der Waals surface area contributed by atoms with Gasteiger partial charge in [0.2, 0.25) is 10.4 Å². The fraction of sp³-hybridized carbons (Fsp3) is 1.00. The quantitative estimate of drug-likeness (QED) is 0.158. The van der Waals surface area contributed by atoms with Crippen LogP contribution in [-0.4, -0.2) is 113 Å². The van der Waals surface area contributed by atoms with E-state index in [0.717, 1.165) is 0 Å². The molecule has 0 spiro atoms. The second kappa shape index (κ2) is 9.11. The van der Waals surface area contributed by atoms with E-state index in [2.05, 4.69) is 4.18 Å². The van der Waals surface area contributed by atoms with Gasteiger partial charge >= 0.3 is 29.6 Å². The zero-order chi connectivity index (χ0) is 19.2. The third kappa shape index (κ3) is 4.99. The first-order valence-corrected chi connectivity index (χ1v) is 9.01. The summed E-state index contributed by atoms with van der Waals surface area (Å²) in [7, 11) is -5.29. The molecule has 3 fully saturated rings. The maximum atomic E-state index is 11.0. The predicted molar refractivity (Wildman–Crippen MR) is 73.8 cm³/mol. The minimum absolute atomic E-state index is 0. The zero-order valence-electron chi connectivity index (χ0n) is 14.1. The van der Waals surface area contributed by atoms with E-state index < -0.39 is 78.4 Å². The number of rotatable bonds is 5. The molecule has 5 N–H and O–H groups in total. The molecule has 152 valence electrons. The zero-order valence-corrected chi connectivity index (χ0v) is 16.9. The SMILES string of the molecule is O=S(=O)([O-])O[C@@H]1[C@H](O[C@H]2O[C@@H]3CO[C@@H]([C@H]3O)[C@H]2O)[C@@H](O)C(O)O[C@@H]1CO.[Na+]. The normalized spacial score (nSPS) is 47.5. The third-order valence-corrected chi connectivity index (χ3v) is 4.89. The number of fused-ring (bicyclic) bond motifs is 2. The Hall–Kier alpha value is 0.510. The largest absolute Gasteiger partial charge is 1.00 e. The average molecular weight is 426 g/mol. The van der Waals surface area contributed by atoms with Crippen molar-refractivity contribution >= 4 is 10.4 Å². The summed E-state index contributed by atoms with van der Waals surface area (Å²) >= 11 is 0. The van der Waals surface area contributed by atoms with E-state index in [-0.39, 0.29) is 36.2 Å². The number of aliphatic hydroxyl groups excluding tert-OH is 5. The van der Waals surface area contributed by atoms with Crippen molar-refractivity contribution in [2.24, 2.45) is 0 Å². The molecule has 0 aromatic rings. The van der Waals surface area contributed by atoms with Crippen LogP contribution in [0.1, 0.15) is 0 Å². The van der Waals surface area contributed by atoms with Crippen molar-refractivity contribution in [3.8, 4) is 0 Å². The van der Waals surface area contributed by atoms with E-state index in [4.69, 9.17) is 18.9 Å². The minimum Gasteiger partial charge on any atom is -0.726 e. The van der Waals surface area contributed by atoms with Gasteiger partial charge < -0.3 is 49.0 Å². The molecule has 27 heavy (non-hydrogen) atoms. The molecule has 0 aromatic heterocycles. The number of hydrogen-bond donors (Lipinski definition) is 5. The Morgan fingerprint density at radius 3 is 2.30 bits per heavy atom. The van der Waals surface area contributed by atoms with Gasteiger partial charge in [0.05, 0.1) is 13.2 Å². The molecule has 0 amide bonds. The van der Waals surface area contributed by atoms with Gasteiger partial charge in [0, 0.05) is 0 Å². The molecule has 1 unspecified atom stereocenters. The molecular formula is C12H19NaO13S. The first-order valence-electron chi connectivity index (χ1n) is 7.67. The van der Waals surface area contributed by atoms with Crippen LogP contribution >= 0.6 is 0 Å². The van der Waals surface area contributed by atoms with Gasteiger partial charge in [-0.1, -0.05) is 0 Å². The Labute approximate surface area is 176 Å². The van der Waals surface area contributed by atoms with E-state index in [1.165, 1.54) is 0 Å². The topological polar surface area (TPSA) is 204 Å². The minimum atomic E-state index is -5.29. The van der Waals surface area contributed by atoms with E-state index in [1.54, 1.807) is 0 Å². The first kappa shape index (κ1) is 23.8. The second-order valence-corrected chi connectivity index (χ2v) is 7.14. The van der Waals surface area contributed by atoms with Crippen LogP contribution in [-0.2, 0) is 33.5 Å². The van der Waals surface area contributed by atoms with Crippen molar-refractivity contribution in [2.45, 2.75) is 61.4 Å². The number of aliphatic hydroxyl groups is 5. The fourth-order valence-corrected chi connectivity index (χ4v) is 3.68. The summed E-state index contributed by atoms with van der Waals surface area (Å²) in [5.41, 5.74) is 0. The average Bonchev–Trinajstić information content (AvgIpc) is 2.82. The monoisotopic (exact) mass is 426 g/mol. The van der Waals surface area contributed by atoms with Gasteiger partial charge in [0.25, 0.3) is 0 Å². The summed E-state index contributed by atoms with van der Waals surface area (Å²) < 4.78 is 57.8. The van der Waals surface area contributed by atoms with Crippen molar-refractivity contribution in [2.75, 3.05) is 13.2 Å². The molecule has 0 saturated carbocycles. The standard InChI is InChI=1S/C12H20O13S.Na/c13-1-3-8(25-26(18,19)20)10(6(15)11(17)22-3)24-12-7(16)9-5(14)4(23-12)2-21-9;/h3-17H,1-2H2,(H,18,19,20);/q;+1/p-1/t3-,4-,5+,6-,7-,8+,9+,10-,11?,12-;/m1./s1. The van der Waals surface area contributed by atoms with Crippen LogP contribution in [0.25, 0.3) is 0 Å². The summed E-state index contributed by atoms with van der Waals surface area (Å²) in [6.45, 7) is -0.902. The van der Waals surface area contributed by atoms with Crippen LogP contribution in [0, 0.1) is 0 Å². The van der Waals surface area contributed by atoms with Gasteiger partial charge in [-0.2, -0.15) is 0 Å². The maximum absolute atomic E-state index is 11.0. The van der Waals surface area contributed by atoms with Gasteiger partial charge in [-0.05, 0) is 0 Å². The van der Waals surface area contributed by atoms with Crippen molar-refractivity contribution in [3.05, 3.63) is 0 Å². The van der Waals surface area contributed by atoms with Gasteiger partial charge in [-0.25, -0.2) is 8.42 Å². The van der Waals surface area contributed by atoms with Crippen LogP contribution in [0.3, 0.4) is 0 Å². The Morgan fingerprint density at radius 2 is 1.70 bits per heavy atom. The molecule has 3 heterocycles. The summed E-state index contributed by atoms with van der Waals surface area (Å²) in [6.07, 6.45) is -14.9. The predicted octanol–water partition coefficient (Wildman–Crippen LogP) is -7.86. The molecule has 3 aliphatic heterocycles. The van der Waals surface area contributed by atoms with Crippen molar-refractivity contribution in [1.82, 2.24) is 0 Å². The van der Waals surface area contributed by atoms with E-state index >= 15 is 0 Å². The van der Waals surface area contributed by atoms with Crippen LogP contribution in [0.5, 0.6) is 0 Å². The van der Waals surface area contributed by atoms with Crippen LogP contribution in [0.4, 0.5) is 0 Å². The van der Waals surface area contributed by atoms with E-state index in [0.29, 0.717) is 0 Å². The van der Waals surface area contributed by atoms with Gasteiger partial charge in [0.1, 0.15) is 48.8 Å². The smallest absolute Gasteiger partial charge is 0.726 e. The summed E-state index contributed by atoms with van der Waals surface area (Å²) in [5.74, 6) is 0. The molecular weight excluding hydrogens is 407 g/mol. The molecule has 3 saturated heterocycles. The molecule has 0 aliphatic carbocycles.